The third-order valence-corrected chi connectivity index (χ3v) is 4.41. The Morgan fingerprint density at radius 1 is 0.950 bits per heavy atom. The summed E-state index contributed by atoms with van der Waals surface area (Å²) in [4.78, 5) is 2.50. The minimum Gasteiger partial charge on any atom is -0.264 e. The largest absolute Gasteiger partial charge is 0.284 e. The molecule has 0 saturated carbocycles. The highest BCUT2D eigenvalue weighted by Gasteiger charge is 2.34. The molecule has 2 aromatic rings. The molecule has 0 aromatic heterocycles. The van der Waals surface area contributed by atoms with E-state index in [1.807, 2.05) is 0 Å². The Labute approximate surface area is 120 Å². The van der Waals surface area contributed by atoms with Crippen LogP contribution in [0, 0.1) is 0 Å². The van der Waals surface area contributed by atoms with E-state index in [9.17, 15) is 0 Å². The van der Waals surface area contributed by atoms with E-state index in [-0.39, 0.29) is 0 Å². The minimum absolute atomic E-state index is 1.03. The van der Waals surface area contributed by atoms with Crippen LogP contribution in [0.15, 0.2) is 48.5 Å². The van der Waals surface area contributed by atoms with Crippen molar-refractivity contribution in [3.05, 3.63) is 65.2 Å². The molecule has 2 aliphatic heterocycles. The van der Waals surface area contributed by atoms with E-state index in [0.717, 1.165) is 19.5 Å². The maximum absolute atomic E-state index is 2.50. The minimum atomic E-state index is 1.03. The molecule has 2 aliphatic rings. The second-order valence-electron chi connectivity index (χ2n) is 5.71. The van der Waals surface area contributed by atoms with Crippen LogP contribution >= 0.6 is 0 Å². The number of hydrogen-bond donors (Lipinski definition) is 0. The first-order chi connectivity index (χ1) is 9.84. The van der Waals surface area contributed by atoms with Gasteiger partial charge in [0.05, 0.1) is 25.7 Å². The first-order valence-electron chi connectivity index (χ1n) is 7.36. The van der Waals surface area contributed by atoms with Crippen LogP contribution in [0.3, 0.4) is 0 Å². The molecule has 100 valence electrons. The normalized spacial score (nSPS) is 17.1. The van der Waals surface area contributed by atoms with Gasteiger partial charge in [0.1, 0.15) is 5.69 Å². The van der Waals surface area contributed by atoms with Gasteiger partial charge in [-0.15, -0.1) is 0 Å². The molecule has 0 saturated heterocycles. The van der Waals surface area contributed by atoms with Gasteiger partial charge in [0.25, 0.3) is 5.84 Å². The number of amidine groups is 1. The van der Waals surface area contributed by atoms with E-state index >= 15 is 0 Å². The van der Waals surface area contributed by atoms with E-state index in [4.69, 9.17) is 0 Å². The fraction of sp³-hybridized carbons (Fsp3) is 0.278. The second kappa shape index (κ2) is 4.48. The number of fused-ring (bicyclic) bond motifs is 5. The van der Waals surface area contributed by atoms with Gasteiger partial charge in [-0.1, -0.05) is 36.4 Å². The number of rotatable bonds is 0. The molecular weight excluding hydrogens is 244 g/mol. The average Bonchev–Trinajstić information content (AvgIpc) is 2.62. The summed E-state index contributed by atoms with van der Waals surface area (Å²) in [7, 11) is 2.21. The maximum atomic E-state index is 2.50. The van der Waals surface area contributed by atoms with Gasteiger partial charge in [-0.3, -0.25) is 4.58 Å². The lowest BCUT2D eigenvalue weighted by Crippen LogP contribution is -2.43. The molecule has 2 heterocycles. The topological polar surface area (TPSA) is 6.25 Å². The molecule has 0 atom stereocenters. The highest BCUT2D eigenvalue weighted by atomic mass is 15.3. The quantitative estimate of drug-likeness (QED) is 0.662. The van der Waals surface area contributed by atoms with Crippen LogP contribution in [-0.2, 0) is 6.42 Å². The molecule has 0 radical (unpaired) electrons. The zero-order chi connectivity index (χ0) is 13.5. The second-order valence-corrected chi connectivity index (χ2v) is 5.71. The summed E-state index contributed by atoms with van der Waals surface area (Å²) >= 11 is 0. The number of benzene rings is 2. The van der Waals surface area contributed by atoms with Crippen LogP contribution in [0.5, 0.6) is 0 Å². The van der Waals surface area contributed by atoms with E-state index in [2.05, 4.69) is 65.1 Å². The third kappa shape index (κ3) is 1.68. The number of nitrogens with zero attached hydrogens (tertiary/aromatic N) is 2. The van der Waals surface area contributed by atoms with Crippen LogP contribution < -0.4 is 4.90 Å². The van der Waals surface area contributed by atoms with Crippen molar-refractivity contribution in [2.24, 2.45) is 0 Å². The van der Waals surface area contributed by atoms with Crippen molar-refractivity contribution in [1.29, 1.82) is 0 Å². The average molecular weight is 263 g/mol. The molecule has 0 spiro atoms. The Kier molecular flexibility index (Phi) is 2.62. The predicted octanol–water partition coefficient (Wildman–Crippen LogP) is 2.89. The van der Waals surface area contributed by atoms with Gasteiger partial charge in [0.2, 0.25) is 0 Å². The number of para-hydroxylation sites is 1. The summed E-state index contributed by atoms with van der Waals surface area (Å²) in [5.74, 6) is 1.37. The van der Waals surface area contributed by atoms with E-state index in [1.165, 1.54) is 34.6 Å². The lowest BCUT2D eigenvalue weighted by atomic mass is 10.0. The number of anilines is 1. The molecule has 0 aliphatic carbocycles. The van der Waals surface area contributed by atoms with Crippen molar-refractivity contribution in [2.45, 2.75) is 12.8 Å². The van der Waals surface area contributed by atoms with Gasteiger partial charge < -0.3 is 0 Å². The highest BCUT2D eigenvalue weighted by molar-refractivity contribution is 6.09. The Bertz CT molecular complexity index is 700. The van der Waals surface area contributed by atoms with E-state index < -0.39 is 0 Å². The van der Waals surface area contributed by atoms with Gasteiger partial charge in [-0.2, -0.15) is 0 Å². The fourth-order valence-electron chi connectivity index (χ4n) is 3.49. The van der Waals surface area contributed by atoms with Gasteiger partial charge >= 0.3 is 0 Å². The molecule has 2 aromatic carbocycles. The lowest BCUT2D eigenvalue weighted by Gasteiger charge is -2.25. The summed E-state index contributed by atoms with van der Waals surface area (Å²) in [5, 5.41) is 0. The summed E-state index contributed by atoms with van der Waals surface area (Å²) in [6.45, 7) is 2.26. The smallest absolute Gasteiger partial charge is 0.264 e. The van der Waals surface area contributed by atoms with E-state index in [0.29, 0.717) is 0 Å². The summed E-state index contributed by atoms with van der Waals surface area (Å²) in [5.41, 5.74) is 5.65. The molecule has 4 rings (SSSR count). The molecule has 0 fully saturated rings. The Hall–Kier alpha value is -2.09. The third-order valence-electron chi connectivity index (χ3n) is 4.41. The van der Waals surface area contributed by atoms with Crippen LogP contribution in [0.25, 0.3) is 0 Å². The fourth-order valence-corrected chi connectivity index (χ4v) is 3.49. The molecule has 0 N–H and O–H groups in total. The van der Waals surface area contributed by atoms with Crippen molar-refractivity contribution in [2.75, 3.05) is 25.0 Å². The first kappa shape index (κ1) is 11.7. The van der Waals surface area contributed by atoms with Crippen molar-refractivity contribution in [1.82, 2.24) is 0 Å². The highest BCUT2D eigenvalue weighted by Crippen LogP contribution is 2.31. The number of hydrogen-bond acceptors (Lipinski definition) is 1. The summed E-state index contributed by atoms with van der Waals surface area (Å²) in [6.07, 6.45) is 2.25. The summed E-state index contributed by atoms with van der Waals surface area (Å²) in [6, 6.07) is 17.7. The van der Waals surface area contributed by atoms with Crippen LogP contribution in [0.1, 0.15) is 23.1 Å². The van der Waals surface area contributed by atoms with Crippen LogP contribution in [-0.4, -0.2) is 30.5 Å². The Balaban J connectivity index is 2.03. The molecule has 20 heavy (non-hydrogen) atoms. The zero-order valence-corrected chi connectivity index (χ0v) is 11.8. The molecule has 0 unspecified atom stereocenters. The van der Waals surface area contributed by atoms with Gasteiger partial charge in [0, 0.05) is 18.4 Å². The standard InChI is InChI=1S/C18H19N2/c1-19-11-6-12-20-17-10-5-3-8-15(17)13-14-7-2-4-9-16(14)18(19)20/h2-5,7-10H,6,11-13H2,1H3/q+1. The van der Waals surface area contributed by atoms with Crippen molar-refractivity contribution in [3.63, 3.8) is 0 Å². The van der Waals surface area contributed by atoms with Gasteiger partial charge in [-0.05, 0) is 17.7 Å². The maximum Gasteiger partial charge on any atom is 0.284 e. The Morgan fingerprint density at radius 2 is 1.70 bits per heavy atom. The molecular formula is C18H19N2+. The monoisotopic (exact) mass is 263 g/mol. The van der Waals surface area contributed by atoms with Crippen molar-refractivity contribution >= 4 is 11.5 Å². The van der Waals surface area contributed by atoms with Crippen molar-refractivity contribution in [3.8, 4) is 0 Å². The SMILES string of the molecule is C[N+]1=C2c3ccccc3Cc3ccccc3N2CCC1. The molecule has 2 heteroatoms. The molecule has 0 amide bonds. The summed E-state index contributed by atoms with van der Waals surface area (Å²) < 4.78 is 2.41. The Morgan fingerprint density at radius 3 is 2.60 bits per heavy atom. The molecule has 2 nitrogen and oxygen atoms in total. The van der Waals surface area contributed by atoms with Crippen LogP contribution in [0.4, 0.5) is 5.69 Å². The molecule has 0 bridgehead atoms. The van der Waals surface area contributed by atoms with Crippen molar-refractivity contribution < 1.29 is 4.58 Å². The van der Waals surface area contributed by atoms with Gasteiger partial charge in [-0.25, -0.2) is 4.90 Å². The lowest BCUT2D eigenvalue weighted by molar-refractivity contribution is -0.501. The van der Waals surface area contributed by atoms with Crippen LogP contribution in [0.2, 0.25) is 0 Å². The zero-order valence-electron chi connectivity index (χ0n) is 11.8. The predicted molar refractivity (Wildman–Crippen MR) is 82.8 cm³/mol. The van der Waals surface area contributed by atoms with E-state index in [1.54, 1.807) is 0 Å². The van der Waals surface area contributed by atoms with Gasteiger partial charge in [0.15, 0.2) is 0 Å². The first-order valence-corrected chi connectivity index (χ1v) is 7.36.